The van der Waals surface area contributed by atoms with Gasteiger partial charge in [0.05, 0.1) is 39.6 Å². The molecular weight excluding hydrogens is 256 g/mol. The van der Waals surface area contributed by atoms with Crippen molar-refractivity contribution >= 4 is 0 Å². The van der Waals surface area contributed by atoms with E-state index >= 15 is 0 Å². The van der Waals surface area contributed by atoms with Crippen LogP contribution in [0.3, 0.4) is 0 Å². The Morgan fingerprint density at radius 2 is 1.70 bits per heavy atom. The van der Waals surface area contributed by atoms with Gasteiger partial charge >= 0.3 is 0 Å². The number of allylic oxidation sites excluding steroid dienone is 4. The number of hydrogen-bond acceptors (Lipinski definition) is 4. The number of hydrogen-bond donors (Lipinski definition) is 0. The molecule has 0 saturated carbocycles. The Labute approximate surface area is 120 Å². The highest BCUT2D eigenvalue weighted by atomic mass is 16.6. The summed E-state index contributed by atoms with van der Waals surface area (Å²) < 4.78 is 22.0. The van der Waals surface area contributed by atoms with Crippen molar-refractivity contribution in [1.29, 1.82) is 0 Å². The largest absolute Gasteiger partial charge is 0.378 e. The van der Waals surface area contributed by atoms with Crippen LogP contribution in [0.25, 0.3) is 0 Å². The molecule has 0 spiro atoms. The van der Waals surface area contributed by atoms with Crippen molar-refractivity contribution in [2.24, 2.45) is 11.3 Å². The highest BCUT2D eigenvalue weighted by Gasteiger charge is 2.37. The first-order valence-electron chi connectivity index (χ1n) is 7.20. The third-order valence-corrected chi connectivity index (χ3v) is 3.93. The molecule has 3 unspecified atom stereocenters. The fourth-order valence-corrected chi connectivity index (χ4v) is 2.47. The Hall–Kier alpha value is -0.940. The molecule has 2 aliphatic heterocycles. The van der Waals surface area contributed by atoms with Crippen LogP contribution in [0.2, 0.25) is 0 Å². The number of epoxide rings is 2. The van der Waals surface area contributed by atoms with E-state index in [0.717, 1.165) is 13.2 Å². The molecule has 4 nitrogen and oxygen atoms in total. The van der Waals surface area contributed by atoms with E-state index in [2.05, 4.69) is 30.9 Å². The van der Waals surface area contributed by atoms with Crippen molar-refractivity contribution in [2.45, 2.75) is 12.2 Å². The van der Waals surface area contributed by atoms with Gasteiger partial charge in [-0.05, 0) is 0 Å². The lowest BCUT2D eigenvalue weighted by atomic mass is 9.74. The maximum Gasteiger partial charge on any atom is 0.104 e. The molecule has 0 aromatic rings. The normalized spacial score (nSPS) is 37.9. The van der Waals surface area contributed by atoms with Crippen LogP contribution in [-0.2, 0) is 18.9 Å². The molecule has 4 heteroatoms. The SMILES string of the molecule is C=CC1C=CC=CC1(COCC1CO1)COCC1CO1. The maximum absolute atomic E-state index is 5.84. The lowest BCUT2D eigenvalue weighted by molar-refractivity contribution is -0.0167. The van der Waals surface area contributed by atoms with Crippen LogP contribution >= 0.6 is 0 Å². The molecule has 2 fully saturated rings. The highest BCUT2D eigenvalue weighted by Crippen LogP contribution is 2.36. The van der Waals surface area contributed by atoms with Gasteiger partial charge in [-0.25, -0.2) is 0 Å². The second-order valence-corrected chi connectivity index (χ2v) is 5.68. The average molecular weight is 278 g/mol. The Balaban J connectivity index is 1.57. The van der Waals surface area contributed by atoms with Crippen LogP contribution in [0.15, 0.2) is 37.0 Å². The van der Waals surface area contributed by atoms with Crippen molar-refractivity contribution in [1.82, 2.24) is 0 Å². The van der Waals surface area contributed by atoms with Crippen molar-refractivity contribution in [3.63, 3.8) is 0 Å². The van der Waals surface area contributed by atoms with Gasteiger partial charge in [0.2, 0.25) is 0 Å². The first-order valence-corrected chi connectivity index (χ1v) is 7.20. The average Bonchev–Trinajstić information content (AvgIpc) is 3.34. The molecule has 0 bridgehead atoms. The summed E-state index contributed by atoms with van der Waals surface area (Å²) in [5.41, 5.74) is -0.166. The molecular formula is C16H22O4. The first kappa shape index (κ1) is 14.0. The Morgan fingerprint density at radius 3 is 2.20 bits per heavy atom. The van der Waals surface area contributed by atoms with Gasteiger partial charge in [-0.2, -0.15) is 0 Å². The smallest absolute Gasteiger partial charge is 0.104 e. The van der Waals surface area contributed by atoms with E-state index in [1.165, 1.54) is 0 Å². The van der Waals surface area contributed by atoms with Gasteiger partial charge in [-0.3, -0.25) is 0 Å². The lowest BCUT2D eigenvalue weighted by Crippen LogP contribution is -2.38. The molecule has 2 heterocycles. The van der Waals surface area contributed by atoms with Crippen LogP contribution in [0, 0.1) is 11.3 Å². The minimum Gasteiger partial charge on any atom is -0.378 e. The predicted molar refractivity (Wildman–Crippen MR) is 75.5 cm³/mol. The molecule has 0 amide bonds. The van der Waals surface area contributed by atoms with E-state index in [0.29, 0.717) is 26.4 Å². The summed E-state index contributed by atoms with van der Waals surface area (Å²) in [4.78, 5) is 0. The van der Waals surface area contributed by atoms with E-state index < -0.39 is 0 Å². The van der Waals surface area contributed by atoms with Crippen LogP contribution in [0.4, 0.5) is 0 Å². The Kier molecular flexibility index (Phi) is 4.36. The minimum atomic E-state index is -0.166. The van der Waals surface area contributed by atoms with Crippen molar-refractivity contribution in [3.05, 3.63) is 37.0 Å². The molecule has 110 valence electrons. The van der Waals surface area contributed by atoms with Crippen molar-refractivity contribution in [3.8, 4) is 0 Å². The van der Waals surface area contributed by atoms with Crippen LogP contribution in [0.1, 0.15) is 0 Å². The fraction of sp³-hybridized carbons (Fsp3) is 0.625. The van der Waals surface area contributed by atoms with Gasteiger partial charge in [-0.1, -0.05) is 30.4 Å². The van der Waals surface area contributed by atoms with Gasteiger partial charge in [0.1, 0.15) is 12.2 Å². The summed E-state index contributed by atoms with van der Waals surface area (Å²) in [5, 5.41) is 0. The molecule has 3 rings (SSSR count). The second kappa shape index (κ2) is 6.22. The zero-order chi connectivity index (χ0) is 13.8. The molecule has 0 aromatic carbocycles. The van der Waals surface area contributed by atoms with Gasteiger partial charge in [0.15, 0.2) is 0 Å². The van der Waals surface area contributed by atoms with E-state index in [9.17, 15) is 0 Å². The molecule has 3 atom stereocenters. The Morgan fingerprint density at radius 1 is 1.10 bits per heavy atom. The Bertz CT molecular complexity index is 375. The summed E-state index contributed by atoms with van der Waals surface area (Å²) in [6.45, 7) is 8.16. The quantitative estimate of drug-likeness (QED) is 0.476. The molecule has 0 radical (unpaired) electrons. The zero-order valence-electron chi connectivity index (χ0n) is 11.7. The van der Waals surface area contributed by atoms with Crippen LogP contribution in [-0.4, -0.2) is 51.8 Å². The summed E-state index contributed by atoms with van der Waals surface area (Å²) >= 11 is 0. The first-order chi connectivity index (χ1) is 9.82. The topological polar surface area (TPSA) is 43.5 Å². The van der Waals surface area contributed by atoms with E-state index in [1.54, 1.807) is 0 Å². The van der Waals surface area contributed by atoms with E-state index in [-0.39, 0.29) is 23.5 Å². The van der Waals surface area contributed by atoms with Gasteiger partial charge in [0, 0.05) is 11.3 Å². The van der Waals surface area contributed by atoms with Gasteiger partial charge in [0.25, 0.3) is 0 Å². The molecule has 20 heavy (non-hydrogen) atoms. The predicted octanol–water partition coefficient (Wildman–Crippen LogP) is 1.73. The van der Waals surface area contributed by atoms with E-state index in [1.807, 2.05) is 6.08 Å². The summed E-state index contributed by atoms with van der Waals surface area (Å²) in [6, 6.07) is 0. The monoisotopic (exact) mass is 278 g/mol. The summed E-state index contributed by atoms with van der Waals surface area (Å²) in [6.07, 6.45) is 11.0. The van der Waals surface area contributed by atoms with Gasteiger partial charge < -0.3 is 18.9 Å². The van der Waals surface area contributed by atoms with Gasteiger partial charge in [-0.15, -0.1) is 6.58 Å². The third-order valence-electron chi connectivity index (χ3n) is 3.93. The van der Waals surface area contributed by atoms with E-state index in [4.69, 9.17) is 18.9 Å². The zero-order valence-corrected chi connectivity index (χ0v) is 11.7. The lowest BCUT2D eigenvalue weighted by Gasteiger charge is -2.36. The molecule has 2 saturated heterocycles. The molecule has 1 aliphatic carbocycles. The summed E-state index contributed by atoms with van der Waals surface area (Å²) in [7, 11) is 0. The maximum atomic E-state index is 5.84. The minimum absolute atomic E-state index is 0.166. The van der Waals surface area contributed by atoms with Crippen molar-refractivity contribution in [2.75, 3.05) is 39.6 Å². The van der Waals surface area contributed by atoms with Crippen LogP contribution < -0.4 is 0 Å². The third kappa shape index (κ3) is 3.58. The number of rotatable bonds is 9. The van der Waals surface area contributed by atoms with Crippen LogP contribution in [0.5, 0.6) is 0 Å². The second-order valence-electron chi connectivity index (χ2n) is 5.68. The standard InChI is InChI=1S/C16H22O4/c1-2-13-5-3-4-6-16(13,11-17-7-14-9-19-14)12-18-8-15-10-20-15/h2-6,13-15H,1,7-12H2. The molecule has 0 aromatic heterocycles. The fourth-order valence-electron chi connectivity index (χ4n) is 2.47. The van der Waals surface area contributed by atoms with Crippen molar-refractivity contribution < 1.29 is 18.9 Å². The number of ether oxygens (including phenoxy) is 4. The highest BCUT2D eigenvalue weighted by molar-refractivity contribution is 5.24. The summed E-state index contributed by atoms with van der Waals surface area (Å²) in [5.74, 6) is 0.229. The molecule has 0 N–H and O–H groups in total. The molecule has 3 aliphatic rings.